The van der Waals surface area contributed by atoms with E-state index in [0.29, 0.717) is 11.5 Å². The Morgan fingerprint density at radius 1 is 1.35 bits per heavy atom. The van der Waals surface area contributed by atoms with Crippen LogP contribution in [0.15, 0.2) is 12.3 Å². The van der Waals surface area contributed by atoms with Crippen LogP contribution in [0.4, 0.5) is 0 Å². The summed E-state index contributed by atoms with van der Waals surface area (Å²) >= 11 is 0. The van der Waals surface area contributed by atoms with Crippen LogP contribution in [0.1, 0.15) is 62.3 Å². The monoisotopic (exact) mass is 273 g/mol. The van der Waals surface area contributed by atoms with Crippen molar-refractivity contribution in [2.75, 3.05) is 7.05 Å². The van der Waals surface area contributed by atoms with Crippen molar-refractivity contribution in [3.63, 3.8) is 0 Å². The van der Waals surface area contributed by atoms with Crippen molar-refractivity contribution in [1.82, 2.24) is 15.3 Å². The summed E-state index contributed by atoms with van der Waals surface area (Å²) in [6.45, 7) is 10.6. The Morgan fingerprint density at radius 2 is 2.00 bits per heavy atom. The minimum atomic E-state index is -0.0722. The van der Waals surface area contributed by atoms with Crippen LogP contribution in [0, 0.1) is 0 Å². The van der Waals surface area contributed by atoms with Crippen LogP contribution in [-0.2, 0) is 5.41 Å². The van der Waals surface area contributed by atoms with E-state index in [1.165, 1.54) is 0 Å². The third-order valence-corrected chi connectivity index (χ3v) is 3.49. The van der Waals surface area contributed by atoms with Crippen LogP contribution in [0.5, 0.6) is 0 Å². The van der Waals surface area contributed by atoms with Crippen LogP contribution < -0.4 is 5.32 Å². The highest BCUT2D eigenvalue weighted by Crippen LogP contribution is 2.30. The molecule has 0 aliphatic carbocycles. The van der Waals surface area contributed by atoms with Crippen molar-refractivity contribution in [2.24, 2.45) is 0 Å². The van der Waals surface area contributed by atoms with Gasteiger partial charge >= 0.3 is 0 Å². The SMILES string of the molecule is CNC(=O)c1c[nH]c2c(C(C)C)nc(C(C)(C)C)cc12. The first kappa shape index (κ1) is 14.6. The zero-order valence-electron chi connectivity index (χ0n) is 13.1. The number of aromatic nitrogens is 2. The van der Waals surface area contributed by atoms with Crippen LogP contribution in [-0.4, -0.2) is 22.9 Å². The molecule has 108 valence electrons. The molecule has 0 saturated heterocycles. The molecule has 2 rings (SSSR count). The standard InChI is InChI=1S/C16H23N3O/c1-9(2)13-14-10(7-12(19-13)16(3,4)5)11(8-18-14)15(20)17-6/h7-9,18H,1-6H3,(H,17,20). The molecule has 0 spiro atoms. The predicted octanol–water partition coefficient (Wildman–Crippen LogP) is 3.34. The number of pyridine rings is 1. The molecule has 20 heavy (non-hydrogen) atoms. The lowest BCUT2D eigenvalue weighted by molar-refractivity contribution is 0.0965. The number of nitrogens with one attached hydrogen (secondary N) is 2. The first-order chi connectivity index (χ1) is 9.25. The minimum absolute atomic E-state index is 0.0466. The predicted molar refractivity (Wildman–Crippen MR) is 82.3 cm³/mol. The first-order valence-electron chi connectivity index (χ1n) is 7.00. The van der Waals surface area contributed by atoms with Gasteiger partial charge in [-0.15, -0.1) is 0 Å². The van der Waals surface area contributed by atoms with E-state index in [4.69, 9.17) is 4.98 Å². The summed E-state index contributed by atoms with van der Waals surface area (Å²) in [7, 11) is 1.65. The molecule has 0 aliphatic heterocycles. The molecule has 0 fully saturated rings. The number of hydrogen-bond donors (Lipinski definition) is 2. The van der Waals surface area contributed by atoms with E-state index in [9.17, 15) is 4.79 Å². The molecule has 0 aliphatic rings. The number of amides is 1. The minimum Gasteiger partial charge on any atom is -0.359 e. The number of fused-ring (bicyclic) bond motifs is 1. The fourth-order valence-electron chi connectivity index (χ4n) is 2.28. The maximum atomic E-state index is 12.0. The highest BCUT2D eigenvalue weighted by atomic mass is 16.1. The van der Waals surface area contributed by atoms with E-state index in [-0.39, 0.29) is 11.3 Å². The summed E-state index contributed by atoms with van der Waals surface area (Å²) < 4.78 is 0. The Morgan fingerprint density at radius 3 is 2.50 bits per heavy atom. The molecule has 2 heterocycles. The zero-order valence-corrected chi connectivity index (χ0v) is 13.1. The quantitative estimate of drug-likeness (QED) is 0.881. The topological polar surface area (TPSA) is 57.8 Å². The van der Waals surface area contributed by atoms with E-state index in [2.05, 4.69) is 44.9 Å². The number of rotatable bonds is 2. The van der Waals surface area contributed by atoms with Gasteiger partial charge in [0.25, 0.3) is 5.91 Å². The normalized spacial score (nSPS) is 12.2. The Hall–Kier alpha value is -1.84. The summed E-state index contributed by atoms with van der Waals surface area (Å²) in [5.41, 5.74) is 3.62. The first-order valence-corrected chi connectivity index (χ1v) is 7.00. The lowest BCUT2D eigenvalue weighted by Gasteiger charge is -2.20. The molecule has 0 radical (unpaired) electrons. The number of hydrogen-bond acceptors (Lipinski definition) is 2. The molecule has 2 aromatic rings. The molecule has 1 amide bonds. The van der Waals surface area contributed by atoms with Crippen molar-refractivity contribution < 1.29 is 4.79 Å². The molecule has 2 N–H and O–H groups in total. The molecule has 4 nitrogen and oxygen atoms in total. The Bertz CT molecular complexity index is 648. The summed E-state index contributed by atoms with van der Waals surface area (Å²) in [5, 5.41) is 3.64. The second-order valence-corrected chi connectivity index (χ2v) is 6.50. The molecule has 4 heteroatoms. The van der Waals surface area contributed by atoms with Gasteiger partial charge in [0.2, 0.25) is 0 Å². The van der Waals surface area contributed by atoms with Gasteiger partial charge in [0, 0.05) is 29.7 Å². The van der Waals surface area contributed by atoms with Gasteiger partial charge < -0.3 is 10.3 Å². The average molecular weight is 273 g/mol. The second kappa shape index (κ2) is 4.93. The molecule has 0 aromatic carbocycles. The molecular formula is C16H23N3O. The van der Waals surface area contributed by atoms with Crippen molar-refractivity contribution in [2.45, 2.75) is 46.0 Å². The molecule has 2 aromatic heterocycles. The summed E-state index contributed by atoms with van der Waals surface area (Å²) in [4.78, 5) is 20.0. The Labute approximate surface area is 120 Å². The van der Waals surface area contributed by atoms with E-state index in [1.54, 1.807) is 13.2 Å². The number of carbonyl (C=O) groups excluding carboxylic acids is 1. The largest absolute Gasteiger partial charge is 0.359 e. The zero-order chi connectivity index (χ0) is 15.1. The molecule has 0 unspecified atom stereocenters. The van der Waals surface area contributed by atoms with Crippen molar-refractivity contribution in [3.05, 3.63) is 29.2 Å². The van der Waals surface area contributed by atoms with Gasteiger partial charge in [-0.25, -0.2) is 0 Å². The molecular weight excluding hydrogens is 250 g/mol. The highest BCUT2D eigenvalue weighted by Gasteiger charge is 2.22. The van der Waals surface area contributed by atoms with E-state index in [0.717, 1.165) is 22.3 Å². The van der Waals surface area contributed by atoms with E-state index >= 15 is 0 Å². The van der Waals surface area contributed by atoms with Gasteiger partial charge in [0.05, 0.1) is 16.8 Å². The van der Waals surface area contributed by atoms with E-state index in [1.807, 2.05) is 6.07 Å². The highest BCUT2D eigenvalue weighted by molar-refractivity contribution is 6.07. The number of H-pyrrole nitrogens is 1. The van der Waals surface area contributed by atoms with Crippen LogP contribution in [0.25, 0.3) is 10.9 Å². The number of carbonyl (C=O) groups is 1. The maximum absolute atomic E-state index is 12.0. The van der Waals surface area contributed by atoms with Gasteiger partial charge in [-0.05, 0) is 12.0 Å². The Balaban J connectivity index is 2.79. The van der Waals surface area contributed by atoms with Crippen LogP contribution in [0.3, 0.4) is 0 Å². The van der Waals surface area contributed by atoms with Gasteiger partial charge in [0.1, 0.15) is 0 Å². The van der Waals surface area contributed by atoms with Gasteiger partial charge in [-0.2, -0.15) is 0 Å². The lowest BCUT2D eigenvalue weighted by Crippen LogP contribution is -2.18. The molecule has 0 bridgehead atoms. The third-order valence-electron chi connectivity index (χ3n) is 3.49. The average Bonchev–Trinajstić information content (AvgIpc) is 2.79. The van der Waals surface area contributed by atoms with Gasteiger partial charge in [0.15, 0.2) is 0 Å². The second-order valence-electron chi connectivity index (χ2n) is 6.50. The summed E-state index contributed by atoms with van der Waals surface area (Å²) in [5.74, 6) is 0.230. The van der Waals surface area contributed by atoms with Crippen molar-refractivity contribution in [3.8, 4) is 0 Å². The number of nitrogens with zero attached hydrogens (tertiary/aromatic N) is 1. The summed E-state index contributed by atoms with van der Waals surface area (Å²) in [6.07, 6.45) is 1.77. The van der Waals surface area contributed by atoms with Gasteiger partial charge in [-0.1, -0.05) is 34.6 Å². The van der Waals surface area contributed by atoms with Crippen molar-refractivity contribution >= 4 is 16.8 Å². The molecule has 0 saturated carbocycles. The Kier molecular flexibility index (Phi) is 3.59. The smallest absolute Gasteiger partial charge is 0.253 e. The molecule has 0 atom stereocenters. The lowest BCUT2D eigenvalue weighted by atomic mass is 9.89. The van der Waals surface area contributed by atoms with E-state index < -0.39 is 0 Å². The van der Waals surface area contributed by atoms with Crippen molar-refractivity contribution in [1.29, 1.82) is 0 Å². The fourth-order valence-corrected chi connectivity index (χ4v) is 2.28. The summed E-state index contributed by atoms with van der Waals surface area (Å²) in [6, 6.07) is 2.03. The maximum Gasteiger partial charge on any atom is 0.253 e. The fraction of sp³-hybridized carbons (Fsp3) is 0.500. The van der Waals surface area contributed by atoms with Crippen LogP contribution in [0.2, 0.25) is 0 Å². The number of aromatic amines is 1. The third kappa shape index (κ3) is 2.42. The van der Waals surface area contributed by atoms with Gasteiger partial charge in [-0.3, -0.25) is 9.78 Å². The van der Waals surface area contributed by atoms with Crippen LogP contribution >= 0.6 is 0 Å².